The molecule has 70 valence electrons. The summed E-state index contributed by atoms with van der Waals surface area (Å²) in [6.07, 6.45) is 7.73. The molecule has 0 radical (unpaired) electrons. The van der Waals surface area contributed by atoms with Gasteiger partial charge in [0.15, 0.2) is 0 Å². The minimum absolute atomic E-state index is 0.804. The second-order valence-corrected chi connectivity index (χ2v) is 3.14. The van der Waals surface area contributed by atoms with Gasteiger partial charge in [0.25, 0.3) is 0 Å². The summed E-state index contributed by atoms with van der Waals surface area (Å²) in [6.45, 7) is 2.95. The van der Waals surface area contributed by atoms with E-state index >= 15 is 0 Å². The average Bonchev–Trinajstić information content (AvgIpc) is 2.19. The van der Waals surface area contributed by atoms with Crippen LogP contribution in [0.25, 0.3) is 0 Å². The number of unbranched alkanes of at least 4 members (excludes halogenated alkanes) is 1. The second kappa shape index (κ2) is 5.42. The zero-order valence-corrected chi connectivity index (χ0v) is 8.05. The average molecular weight is 177 g/mol. The zero-order valence-electron chi connectivity index (χ0n) is 8.05. The number of rotatable bonds is 4. The van der Waals surface area contributed by atoms with Gasteiger partial charge in [0.2, 0.25) is 0 Å². The van der Waals surface area contributed by atoms with Crippen LogP contribution >= 0.6 is 0 Å². The Kier molecular flexibility index (Phi) is 4.11. The number of nitriles is 1. The lowest BCUT2D eigenvalue weighted by atomic mass is 10.1. The molecule has 0 unspecified atom stereocenters. The van der Waals surface area contributed by atoms with E-state index in [4.69, 9.17) is 10.00 Å². The van der Waals surface area contributed by atoms with Crippen LogP contribution in [-0.2, 0) is 4.74 Å². The van der Waals surface area contributed by atoms with Crippen molar-refractivity contribution in [1.82, 2.24) is 0 Å². The van der Waals surface area contributed by atoms with Gasteiger partial charge >= 0.3 is 0 Å². The lowest BCUT2D eigenvalue weighted by Gasteiger charge is -2.12. The molecule has 1 aliphatic carbocycles. The first-order valence-electron chi connectivity index (χ1n) is 4.79. The first-order valence-corrected chi connectivity index (χ1v) is 4.79. The number of nitrogens with zero attached hydrogens (tertiary/aromatic N) is 1. The topological polar surface area (TPSA) is 33.0 Å². The van der Waals surface area contributed by atoms with Crippen LogP contribution in [0.4, 0.5) is 0 Å². The summed E-state index contributed by atoms with van der Waals surface area (Å²) in [6, 6.07) is 2.15. The van der Waals surface area contributed by atoms with Gasteiger partial charge in [-0.1, -0.05) is 13.3 Å². The summed E-state index contributed by atoms with van der Waals surface area (Å²) in [5.41, 5.74) is 0.850. The molecule has 2 heteroatoms. The summed E-state index contributed by atoms with van der Waals surface area (Å²) in [5, 5.41) is 8.60. The van der Waals surface area contributed by atoms with Gasteiger partial charge < -0.3 is 4.74 Å². The van der Waals surface area contributed by atoms with Crippen molar-refractivity contribution >= 4 is 0 Å². The number of hydrogen-bond acceptors (Lipinski definition) is 2. The van der Waals surface area contributed by atoms with Crippen molar-refractivity contribution in [3.05, 3.63) is 23.5 Å². The van der Waals surface area contributed by atoms with Crippen molar-refractivity contribution in [2.45, 2.75) is 32.6 Å². The summed E-state index contributed by atoms with van der Waals surface area (Å²) in [4.78, 5) is 0. The fraction of sp³-hybridized carbons (Fsp3) is 0.545. The van der Waals surface area contributed by atoms with Crippen molar-refractivity contribution < 1.29 is 4.74 Å². The van der Waals surface area contributed by atoms with Crippen LogP contribution in [0.15, 0.2) is 23.5 Å². The molecule has 0 spiro atoms. The van der Waals surface area contributed by atoms with Crippen LogP contribution in [0.2, 0.25) is 0 Å². The highest BCUT2D eigenvalue weighted by atomic mass is 16.5. The number of allylic oxidation sites excluding steroid dienone is 4. The Morgan fingerprint density at radius 2 is 2.31 bits per heavy atom. The molecule has 0 aromatic carbocycles. The predicted octanol–water partition coefficient (Wildman–Crippen LogP) is 2.93. The molecular formula is C11H15NO. The van der Waals surface area contributed by atoms with E-state index in [1.54, 1.807) is 0 Å². The maximum absolute atomic E-state index is 8.60. The minimum atomic E-state index is 0.804. The number of ether oxygens (including phenoxy) is 1. The Morgan fingerprint density at radius 3 is 2.85 bits per heavy atom. The van der Waals surface area contributed by atoms with Gasteiger partial charge in [0, 0.05) is 12.0 Å². The molecule has 2 nitrogen and oxygen atoms in total. The molecule has 0 saturated heterocycles. The minimum Gasteiger partial charge on any atom is -0.498 e. The van der Waals surface area contributed by atoms with Crippen LogP contribution in [0, 0.1) is 11.3 Å². The van der Waals surface area contributed by atoms with E-state index in [2.05, 4.69) is 13.0 Å². The maximum Gasteiger partial charge on any atom is 0.0963 e. The molecular weight excluding hydrogens is 162 g/mol. The Labute approximate surface area is 79.5 Å². The molecule has 13 heavy (non-hydrogen) atoms. The molecule has 0 bridgehead atoms. The largest absolute Gasteiger partial charge is 0.498 e. The molecule has 0 aromatic rings. The first kappa shape index (κ1) is 9.85. The Bertz CT molecular complexity index is 258. The third kappa shape index (κ3) is 3.33. The molecule has 1 aliphatic rings. The van der Waals surface area contributed by atoms with Crippen molar-refractivity contribution in [3.8, 4) is 6.07 Å². The standard InChI is InChI=1S/C11H15NO/c1-2-3-8-13-11-6-4-10(9-12)5-7-11/h4,6H,2-3,5,7-8H2,1H3. The van der Waals surface area contributed by atoms with Crippen LogP contribution in [0.3, 0.4) is 0 Å². The highest BCUT2D eigenvalue weighted by molar-refractivity contribution is 5.30. The fourth-order valence-electron chi connectivity index (χ4n) is 1.18. The molecule has 0 saturated carbocycles. The van der Waals surface area contributed by atoms with Crippen molar-refractivity contribution in [2.24, 2.45) is 0 Å². The fourth-order valence-corrected chi connectivity index (χ4v) is 1.18. The third-order valence-corrected chi connectivity index (χ3v) is 2.04. The van der Waals surface area contributed by atoms with Crippen LogP contribution < -0.4 is 0 Å². The summed E-state index contributed by atoms with van der Waals surface area (Å²) >= 11 is 0. The van der Waals surface area contributed by atoms with Gasteiger partial charge in [-0.15, -0.1) is 0 Å². The lowest BCUT2D eigenvalue weighted by molar-refractivity contribution is 0.197. The van der Waals surface area contributed by atoms with Crippen LogP contribution in [0.5, 0.6) is 0 Å². The van der Waals surface area contributed by atoms with Crippen molar-refractivity contribution in [3.63, 3.8) is 0 Å². The van der Waals surface area contributed by atoms with E-state index in [0.29, 0.717) is 0 Å². The van der Waals surface area contributed by atoms with E-state index < -0.39 is 0 Å². The lowest BCUT2D eigenvalue weighted by Crippen LogP contribution is -1.98. The normalized spacial score (nSPS) is 15.7. The predicted molar refractivity (Wildman–Crippen MR) is 51.9 cm³/mol. The quantitative estimate of drug-likeness (QED) is 0.618. The van der Waals surface area contributed by atoms with Crippen molar-refractivity contribution in [2.75, 3.05) is 6.61 Å². The van der Waals surface area contributed by atoms with E-state index in [1.807, 2.05) is 12.2 Å². The van der Waals surface area contributed by atoms with Crippen LogP contribution in [0.1, 0.15) is 32.6 Å². The zero-order chi connectivity index (χ0) is 9.52. The van der Waals surface area contributed by atoms with E-state index in [1.165, 1.54) is 0 Å². The molecule has 0 fully saturated rings. The summed E-state index contributed by atoms with van der Waals surface area (Å²) in [7, 11) is 0. The van der Waals surface area contributed by atoms with Gasteiger partial charge in [-0.2, -0.15) is 5.26 Å². The molecule has 1 rings (SSSR count). The van der Waals surface area contributed by atoms with Gasteiger partial charge in [-0.25, -0.2) is 0 Å². The van der Waals surface area contributed by atoms with Gasteiger partial charge in [-0.3, -0.25) is 0 Å². The highest BCUT2D eigenvalue weighted by Gasteiger charge is 2.05. The molecule has 0 atom stereocenters. The monoisotopic (exact) mass is 177 g/mol. The van der Waals surface area contributed by atoms with Crippen LogP contribution in [-0.4, -0.2) is 6.61 Å². The summed E-state index contributed by atoms with van der Waals surface area (Å²) < 4.78 is 5.52. The Morgan fingerprint density at radius 1 is 1.46 bits per heavy atom. The smallest absolute Gasteiger partial charge is 0.0963 e. The molecule has 0 N–H and O–H groups in total. The summed E-state index contributed by atoms with van der Waals surface area (Å²) in [5.74, 6) is 1.02. The van der Waals surface area contributed by atoms with Gasteiger partial charge in [-0.05, 0) is 25.0 Å². The molecule has 0 aromatic heterocycles. The molecule has 0 amide bonds. The maximum atomic E-state index is 8.60. The van der Waals surface area contributed by atoms with E-state index in [-0.39, 0.29) is 0 Å². The van der Waals surface area contributed by atoms with E-state index in [9.17, 15) is 0 Å². The number of hydrogen-bond donors (Lipinski definition) is 0. The van der Waals surface area contributed by atoms with Crippen molar-refractivity contribution in [1.29, 1.82) is 5.26 Å². The first-order chi connectivity index (χ1) is 6.36. The molecule has 0 heterocycles. The molecule has 0 aliphatic heterocycles. The van der Waals surface area contributed by atoms with E-state index in [0.717, 1.165) is 43.6 Å². The SMILES string of the molecule is CCCCOC1=CC=C(C#N)CC1. The third-order valence-electron chi connectivity index (χ3n) is 2.04. The van der Waals surface area contributed by atoms with Gasteiger partial charge in [0.1, 0.15) is 0 Å². The second-order valence-electron chi connectivity index (χ2n) is 3.14. The Balaban J connectivity index is 2.33. The Hall–Kier alpha value is -1.23. The van der Waals surface area contributed by atoms with Gasteiger partial charge in [0.05, 0.1) is 18.4 Å². The highest BCUT2D eigenvalue weighted by Crippen LogP contribution is 2.18.